The van der Waals surface area contributed by atoms with Crippen LogP contribution in [-0.2, 0) is 19.1 Å². The molecule has 0 aliphatic carbocycles. The Bertz CT molecular complexity index is 1020. The van der Waals surface area contributed by atoms with Crippen molar-refractivity contribution in [2.75, 3.05) is 26.3 Å². The number of ether oxygens (including phenoxy) is 2. The molecule has 1 fully saturated rings. The molecule has 7 heteroatoms. The van der Waals surface area contributed by atoms with Crippen molar-refractivity contribution in [2.24, 2.45) is 0 Å². The molecular formula is C24H26N2O5. The van der Waals surface area contributed by atoms with E-state index in [1.807, 2.05) is 29.2 Å². The third-order valence-electron chi connectivity index (χ3n) is 5.61. The molecule has 0 N–H and O–H groups in total. The lowest BCUT2D eigenvalue weighted by Gasteiger charge is -2.27. The van der Waals surface area contributed by atoms with E-state index < -0.39 is 11.9 Å². The van der Waals surface area contributed by atoms with Crippen LogP contribution in [0.4, 0.5) is 0 Å². The highest BCUT2D eigenvalue weighted by Crippen LogP contribution is 2.42. The molecule has 3 aliphatic rings. The second-order valence-electron chi connectivity index (χ2n) is 7.47. The molecule has 162 valence electrons. The van der Waals surface area contributed by atoms with Crippen molar-refractivity contribution in [2.45, 2.75) is 33.1 Å². The summed E-state index contributed by atoms with van der Waals surface area (Å²) < 4.78 is 10.5. The third-order valence-corrected chi connectivity index (χ3v) is 5.61. The molecule has 1 saturated heterocycles. The molecule has 1 aromatic rings. The molecule has 1 aromatic carbocycles. The van der Waals surface area contributed by atoms with Gasteiger partial charge in [-0.1, -0.05) is 24.3 Å². The van der Waals surface area contributed by atoms with Gasteiger partial charge in [0, 0.05) is 36.0 Å². The summed E-state index contributed by atoms with van der Waals surface area (Å²) in [5.41, 5.74) is 3.54. The van der Waals surface area contributed by atoms with Crippen molar-refractivity contribution in [3.05, 3.63) is 64.5 Å². The molecule has 7 nitrogen and oxygen atoms in total. The zero-order valence-electron chi connectivity index (χ0n) is 17.8. The molecule has 3 heterocycles. The number of hydrogen-bond acceptors (Lipinski definition) is 6. The largest absolute Gasteiger partial charge is 0.463 e. The van der Waals surface area contributed by atoms with Gasteiger partial charge < -0.3 is 19.3 Å². The molecule has 0 saturated carbocycles. The first-order valence-corrected chi connectivity index (χ1v) is 10.7. The van der Waals surface area contributed by atoms with E-state index in [9.17, 15) is 14.4 Å². The Morgan fingerprint density at radius 1 is 1.03 bits per heavy atom. The van der Waals surface area contributed by atoms with E-state index in [0.717, 1.165) is 12.1 Å². The monoisotopic (exact) mass is 422 g/mol. The molecule has 3 aliphatic heterocycles. The van der Waals surface area contributed by atoms with E-state index >= 15 is 0 Å². The van der Waals surface area contributed by atoms with Gasteiger partial charge in [-0.15, -0.1) is 0 Å². The predicted molar refractivity (Wildman–Crippen MR) is 114 cm³/mol. The maximum Gasteiger partial charge on any atom is 0.342 e. The summed E-state index contributed by atoms with van der Waals surface area (Å²) in [6.07, 6.45) is 5.58. The quantitative estimate of drug-likeness (QED) is 0.536. The van der Waals surface area contributed by atoms with Crippen molar-refractivity contribution in [1.82, 2.24) is 9.80 Å². The van der Waals surface area contributed by atoms with E-state index in [0.29, 0.717) is 60.6 Å². The summed E-state index contributed by atoms with van der Waals surface area (Å²) in [7, 11) is 0. The minimum absolute atomic E-state index is 0.133. The van der Waals surface area contributed by atoms with Crippen LogP contribution in [-0.4, -0.2) is 53.9 Å². The van der Waals surface area contributed by atoms with E-state index in [1.165, 1.54) is 6.08 Å². The molecular weight excluding hydrogens is 396 g/mol. The van der Waals surface area contributed by atoms with E-state index in [-0.39, 0.29) is 12.5 Å². The lowest BCUT2D eigenvalue weighted by atomic mass is 9.99. The van der Waals surface area contributed by atoms with Crippen LogP contribution in [0, 0.1) is 0 Å². The van der Waals surface area contributed by atoms with Crippen LogP contribution in [0.1, 0.15) is 49.0 Å². The highest BCUT2D eigenvalue weighted by Gasteiger charge is 2.39. The van der Waals surface area contributed by atoms with Crippen LogP contribution >= 0.6 is 0 Å². The van der Waals surface area contributed by atoms with Gasteiger partial charge in [0.2, 0.25) is 0 Å². The Hall–Kier alpha value is -3.35. The zero-order chi connectivity index (χ0) is 22.0. The topological polar surface area (TPSA) is 76.2 Å². The van der Waals surface area contributed by atoms with Gasteiger partial charge in [-0.25, -0.2) is 9.59 Å². The van der Waals surface area contributed by atoms with Crippen LogP contribution < -0.4 is 0 Å². The van der Waals surface area contributed by atoms with Crippen LogP contribution in [0.25, 0.3) is 5.70 Å². The summed E-state index contributed by atoms with van der Waals surface area (Å²) in [6.45, 7) is 5.18. The van der Waals surface area contributed by atoms with Gasteiger partial charge in [-0.3, -0.25) is 4.79 Å². The number of carbonyl (C=O) groups excluding carboxylic acids is 3. The second-order valence-corrected chi connectivity index (χ2v) is 7.47. The minimum atomic E-state index is -0.470. The van der Waals surface area contributed by atoms with Crippen molar-refractivity contribution in [3.63, 3.8) is 0 Å². The van der Waals surface area contributed by atoms with Crippen LogP contribution in [0.2, 0.25) is 0 Å². The molecule has 1 amide bonds. The first-order chi connectivity index (χ1) is 15.1. The number of allylic oxidation sites excluding steroid dienone is 1. The predicted octanol–water partition coefficient (Wildman–Crippen LogP) is 3.25. The first kappa shape index (κ1) is 20.9. The summed E-state index contributed by atoms with van der Waals surface area (Å²) in [6, 6.07) is 7.31. The number of fused-ring (bicyclic) bond motifs is 2. The van der Waals surface area contributed by atoms with Gasteiger partial charge in [0.25, 0.3) is 5.91 Å². The maximum atomic E-state index is 13.3. The van der Waals surface area contributed by atoms with E-state index in [1.54, 1.807) is 24.8 Å². The van der Waals surface area contributed by atoms with Crippen LogP contribution in [0.3, 0.4) is 0 Å². The number of likely N-dealkylation sites (tertiary alicyclic amines) is 1. The fourth-order valence-corrected chi connectivity index (χ4v) is 4.39. The number of hydrogen-bond donors (Lipinski definition) is 0. The molecule has 0 bridgehead atoms. The Kier molecular flexibility index (Phi) is 5.93. The van der Waals surface area contributed by atoms with Crippen molar-refractivity contribution < 1.29 is 23.9 Å². The van der Waals surface area contributed by atoms with Crippen molar-refractivity contribution >= 4 is 23.5 Å². The van der Waals surface area contributed by atoms with Crippen molar-refractivity contribution in [1.29, 1.82) is 0 Å². The average Bonchev–Trinajstić information content (AvgIpc) is 3.39. The van der Waals surface area contributed by atoms with Gasteiger partial charge in [0.15, 0.2) is 0 Å². The summed E-state index contributed by atoms with van der Waals surface area (Å²) in [5, 5.41) is 0. The standard InChI is InChI=1S/C24H26N2O5/c1-3-30-20(27)15-16-9-7-13-25(16)22-17-10-5-6-11-18(17)23(28)26-14-8-12-19(26)21(22)24(29)31-4-2/h5-6,10-12,15H,3-4,7-9,13-14H2,1-2H3/b16-15+. The minimum Gasteiger partial charge on any atom is -0.463 e. The Morgan fingerprint density at radius 3 is 2.52 bits per heavy atom. The molecule has 4 rings (SSSR count). The van der Waals surface area contributed by atoms with Crippen molar-refractivity contribution in [3.8, 4) is 0 Å². The number of rotatable bonds is 5. The smallest absolute Gasteiger partial charge is 0.342 e. The normalized spacial score (nSPS) is 19.2. The second kappa shape index (κ2) is 8.79. The van der Waals surface area contributed by atoms with Crippen LogP contribution in [0.15, 0.2) is 53.4 Å². The molecule has 0 atom stereocenters. The van der Waals surface area contributed by atoms with Gasteiger partial charge in [0.05, 0.1) is 24.6 Å². The summed E-state index contributed by atoms with van der Waals surface area (Å²) in [4.78, 5) is 42.4. The molecule has 31 heavy (non-hydrogen) atoms. The Morgan fingerprint density at radius 2 is 1.77 bits per heavy atom. The molecule has 0 unspecified atom stereocenters. The summed E-state index contributed by atoms with van der Waals surface area (Å²) >= 11 is 0. The highest BCUT2D eigenvalue weighted by atomic mass is 16.5. The lowest BCUT2D eigenvalue weighted by Crippen LogP contribution is -2.29. The fourth-order valence-electron chi connectivity index (χ4n) is 4.39. The maximum absolute atomic E-state index is 13.3. The zero-order valence-corrected chi connectivity index (χ0v) is 17.8. The molecule has 0 aromatic heterocycles. The SMILES string of the molecule is CCOC(=O)/C=C1\CCCN1C1=C(C(=O)OCC)C2=CCCN2C(=O)c2ccccc21. The first-order valence-electron chi connectivity index (χ1n) is 10.7. The van der Waals surface area contributed by atoms with Crippen LogP contribution in [0.5, 0.6) is 0 Å². The van der Waals surface area contributed by atoms with Gasteiger partial charge in [0.1, 0.15) is 5.57 Å². The molecule has 0 radical (unpaired) electrons. The van der Waals surface area contributed by atoms with Gasteiger partial charge in [-0.05, 0) is 39.2 Å². The third kappa shape index (κ3) is 3.76. The van der Waals surface area contributed by atoms with Gasteiger partial charge in [-0.2, -0.15) is 0 Å². The van der Waals surface area contributed by atoms with E-state index in [4.69, 9.17) is 9.47 Å². The Balaban J connectivity index is 1.96. The number of esters is 2. The molecule has 0 spiro atoms. The summed E-state index contributed by atoms with van der Waals surface area (Å²) in [5.74, 6) is -1.02. The average molecular weight is 422 g/mol. The highest BCUT2D eigenvalue weighted by molar-refractivity contribution is 6.10. The fraction of sp³-hybridized carbons (Fsp3) is 0.375. The number of carbonyl (C=O) groups is 3. The van der Waals surface area contributed by atoms with Gasteiger partial charge >= 0.3 is 11.9 Å². The number of nitrogens with zero attached hydrogens (tertiary/aromatic N) is 2. The Labute approximate surface area is 181 Å². The number of amides is 1. The number of benzene rings is 1. The lowest BCUT2D eigenvalue weighted by molar-refractivity contribution is -0.138. The van der Waals surface area contributed by atoms with E-state index in [2.05, 4.69) is 0 Å².